The Hall–Kier alpha value is -1.37. The Labute approximate surface area is 95.6 Å². The summed E-state index contributed by atoms with van der Waals surface area (Å²) in [7, 11) is 0. The van der Waals surface area contributed by atoms with Gasteiger partial charge in [-0.05, 0) is 12.5 Å². The zero-order chi connectivity index (χ0) is 13.1. The lowest BCUT2D eigenvalue weighted by molar-refractivity contribution is -0.148. The van der Waals surface area contributed by atoms with Crippen molar-refractivity contribution in [2.75, 3.05) is 6.61 Å². The van der Waals surface area contributed by atoms with Crippen molar-refractivity contribution < 1.29 is 22.3 Å². The summed E-state index contributed by atoms with van der Waals surface area (Å²) in [5.74, 6) is -4.32. The molecule has 0 saturated carbocycles. The second-order valence-electron chi connectivity index (χ2n) is 3.57. The van der Waals surface area contributed by atoms with Gasteiger partial charge in [0.25, 0.3) is 0 Å². The minimum absolute atomic E-state index is 0.144. The Morgan fingerprint density at radius 1 is 1.41 bits per heavy atom. The van der Waals surface area contributed by atoms with E-state index in [1.54, 1.807) is 6.92 Å². The van der Waals surface area contributed by atoms with Crippen LogP contribution >= 0.6 is 0 Å². The van der Waals surface area contributed by atoms with Crippen molar-refractivity contribution in [3.8, 4) is 5.88 Å². The molecule has 0 saturated heterocycles. The minimum atomic E-state index is -4.18. The third kappa shape index (κ3) is 3.85. The SMILES string of the molecule is C[C@H](N)c1ccc(OCC(F)(F)C(F)F)nc1. The van der Waals surface area contributed by atoms with Gasteiger partial charge in [-0.2, -0.15) is 8.78 Å². The highest BCUT2D eigenvalue weighted by atomic mass is 19.3. The molecule has 7 heteroatoms. The van der Waals surface area contributed by atoms with Crippen LogP contribution < -0.4 is 10.5 Å². The van der Waals surface area contributed by atoms with Gasteiger partial charge in [0.05, 0.1) is 0 Å². The lowest BCUT2D eigenvalue weighted by atomic mass is 10.2. The number of nitrogens with two attached hydrogens (primary N) is 1. The number of aromatic nitrogens is 1. The lowest BCUT2D eigenvalue weighted by Crippen LogP contribution is -2.33. The van der Waals surface area contributed by atoms with E-state index in [1.165, 1.54) is 18.3 Å². The molecule has 0 amide bonds. The molecule has 0 aliphatic carbocycles. The first-order chi connectivity index (χ1) is 7.83. The number of rotatable bonds is 5. The number of hydrogen-bond donors (Lipinski definition) is 1. The van der Waals surface area contributed by atoms with Crippen molar-refractivity contribution in [1.82, 2.24) is 4.98 Å². The van der Waals surface area contributed by atoms with Gasteiger partial charge in [-0.25, -0.2) is 13.8 Å². The summed E-state index contributed by atoms with van der Waals surface area (Å²) < 4.78 is 53.2. The molecule has 2 N–H and O–H groups in total. The molecule has 1 heterocycles. The third-order valence-corrected chi connectivity index (χ3v) is 2.02. The number of ether oxygens (including phenoxy) is 1. The molecule has 1 atom stereocenters. The van der Waals surface area contributed by atoms with Gasteiger partial charge in [-0.15, -0.1) is 0 Å². The summed E-state index contributed by atoms with van der Waals surface area (Å²) >= 11 is 0. The molecule has 96 valence electrons. The van der Waals surface area contributed by atoms with E-state index in [0.717, 1.165) is 0 Å². The van der Waals surface area contributed by atoms with E-state index in [-0.39, 0.29) is 11.9 Å². The summed E-state index contributed by atoms with van der Waals surface area (Å²) in [6, 6.07) is 2.59. The maximum atomic E-state index is 12.5. The average Bonchev–Trinajstić information content (AvgIpc) is 2.27. The molecule has 1 aromatic heterocycles. The zero-order valence-electron chi connectivity index (χ0n) is 9.04. The van der Waals surface area contributed by atoms with Gasteiger partial charge in [0.1, 0.15) is 0 Å². The number of pyridine rings is 1. The molecule has 3 nitrogen and oxygen atoms in total. The van der Waals surface area contributed by atoms with Gasteiger partial charge in [0.2, 0.25) is 5.88 Å². The van der Waals surface area contributed by atoms with E-state index in [1.807, 2.05) is 0 Å². The van der Waals surface area contributed by atoms with Crippen LogP contribution in [0.4, 0.5) is 17.6 Å². The van der Waals surface area contributed by atoms with E-state index < -0.39 is 19.0 Å². The normalized spacial score (nSPS) is 13.8. The molecular weight excluding hydrogens is 240 g/mol. The van der Waals surface area contributed by atoms with Crippen LogP contribution in [0, 0.1) is 0 Å². The predicted molar refractivity (Wildman–Crippen MR) is 53.3 cm³/mol. The highest BCUT2D eigenvalue weighted by Gasteiger charge is 2.41. The molecule has 17 heavy (non-hydrogen) atoms. The predicted octanol–water partition coefficient (Wildman–Crippen LogP) is 2.38. The van der Waals surface area contributed by atoms with E-state index in [9.17, 15) is 17.6 Å². The van der Waals surface area contributed by atoms with Gasteiger partial charge in [-0.1, -0.05) is 6.07 Å². The van der Waals surface area contributed by atoms with Crippen molar-refractivity contribution >= 4 is 0 Å². The van der Waals surface area contributed by atoms with Gasteiger partial charge in [0.15, 0.2) is 6.61 Å². The van der Waals surface area contributed by atoms with Crippen LogP contribution in [0.15, 0.2) is 18.3 Å². The third-order valence-electron chi connectivity index (χ3n) is 2.02. The van der Waals surface area contributed by atoms with E-state index >= 15 is 0 Å². The highest BCUT2D eigenvalue weighted by molar-refractivity contribution is 5.20. The molecule has 0 fully saturated rings. The smallest absolute Gasteiger partial charge is 0.340 e. The summed E-state index contributed by atoms with van der Waals surface area (Å²) in [6.07, 6.45) is -2.41. The van der Waals surface area contributed by atoms with Crippen LogP contribution in [-0.2, 0) is 0 Å². The fourth-order valence-electron chi connectivity index (χ4n) is 0.980. The molecule has 0 aliphatic rings. The Kier molecular flexibility index (Phi) is 4.28. The molecular formula is C10H12F4N2O. The summed E-state index contributed by atoms with van der Waals surface area (Å²) in [4.78, 5) is 3.68. The number of nitrogens with zero attached hydrogens (tertiary/aromatic N) is 1. The lowest BCUT2D eigenvalue weighted by Gasteiger charge is -2.15. The molecule has 0 aliphatic heterocycles. The van der Waals surface area contributed by atoms with Crippen LogP contribution in [0.25, 0.3) is 0 Å². The Bertz CT molecular complexity index is 354. The van der Waals surface area contributed by atoms with Crippen molar-refractivity contribution in [1.29, 1.82) is 0 Å². The number of hydrogen-bond acceptors (Lipinski definition) is 3. The van der Waals surface area contributed by atoms with Crippen molar-refractivity contribution in [2.24, 2.45) is 5.73 Å². The van der Waals surface area contributed by atoms with Gasteiger partial charge in [-0.3, -0.25) is 0 Å². The van der Waals surface area contributed by atoms with Gasteiger partial charge >= 0.3 is 12.3 Å². The van der Waals surface area contributed by atoms with Crippen molar-refractivity contribution in [3.63, 3.8) is 0 Å². The first kappa shape index (κ1) is 13.7. The van der Waals surface area contributed by atoms with E-state index in [4.69, 9.17) is 5.73 Å². The first-order valence-electron chi connectivity index (χ1n) is 4.83. The largest absolute Gasteiger partial charge is 0.471 e. The minimum Gasteiger partial charge on any atom is -0.471 e. The van der Waals surface area contributed by atoms with Crippen molar-refractivity contribution in [3.05, 3.63) is 23.9 Å². The van der Waals surface area contributed by atoms with Crippen LogP contribution in [0.3, 0.4) is 0 Å². The maximum Gasteiger partial charge on any atom is 0.340 e. The number of halogens is 4. The van der Waals surface area contributed by atoms with Gasteiger partial charge in [0, 0.05) is 18.3 Å². The fraction of sp³-hybridized carbons (Fsp3) is 0.500. The second-order valence-corrected chi connectivity index (χ2v) is 3.57. The van der Waals surface area contributed by atoms with E-state index in [0.29, 0.717) is 5.56 Å². The summed E-state index contributed by atoms with van der Waals surface area (Å²) in [6.45, 7) is 0.317. The highest BCUT2D eigenvalue weighted by Crippen LogP contribution is 2.23. The molecule has 0 radical (unpaired) electrons. The monoisotopic (exact) mass is 252 g/mol. The van der Waals surface area contributed by atoms with Crippen LogP contribution in [0.1, 0.15) is 18.5 Å². The van der Waals surface area contributed by atoms with E-state index in [2.05, 4.69) is 9.72 Å². The summed E-state index contributed by atoms with van der Waals surface area (Å²) in [5, 5.41) is 0. The Morgan fingerprint density at radius 2 is 2.06 bits per heavy atom. The molecule has 1 aromatic rings. The van der Waals surface area contributed by atoms with Crippen molar-refractivity contribution in [2.45, 2.75) is 25.3 Å². The molecule has 0 aromatic carbocycles. The quantitative estimate of drug-likeness (QED) is 0.818. The standard InChI is InChI=1S/C10H12F4N2O/c1-6(15)7-2-3-8(16-4-7)17-5-10(13,14)9(11)12/h2-4,6,9H,5,15H2,1H3/t6-/m0/s1. The van der Waals surface area contributed by atoms with Crippen LogP contribution in [0.5, 0.6) is 5.88 Å². The zero-order valence-corrected chi connectivity index (χ0v) is 9.04. The average molecular weight is 252 g/mol. The van der Waals surface area contributed by atoms with Crippen LogP contribution in [-0.4, -0.2) is 23.9 Å². The first-order valence-corrected chi connectivity index (χ1v) is 4.83. The summed E-state index contributed by atoms with van der Waals surface area (Å²) in [5.41, 5.74) is 6.24. The fourth-order valence-corrected chi connectivity index (χ4v) is 0.980. The second kappa shape index (κ2) is 5.31. The molecule has 1 rings (SSSR count). The Balaban J connectivity index is 2.59. The molecule has 0 unspecified atom stereocenters. The molecule has 0 bridgehead atoms. The number of alkyl halides is 4. The maximum absolute atomic E-state index is 12.5. The topological polar surface area (TPSA) is 48.1 Å². The Morgan fingerprint density at radius 3 is 2.47 bits per heavy atom. The molecule has 0 spiro atoms. The van der Waals surface area contributed by atoms with Gasteiger partial charge < -0.3 is 10.5 Å². The van der Waals surface area contributed by atoms with Crippen LogP contribution in [0.2, 0.25) is 0 Å².